The number of aliphatic hydroxyl groups is 1. The van der Waals surface area contributed by atoms with E-state index in [0.29, 0.717) is 18.6 Å². The minimum absolute atomic E-state index is 0. The fourth-order valence-corrected chi connectivity index (χ4v) is 6.94. The summed E-state index contributed by atoms with van der Waals surface area (Å²) in [5.74, 6) is 1.42. The SMILES string of the molecule is C[N+]1(CC2CC2)CC[C@]23c4c5ccc(O)c4O[C@H]2C(=O)CC[C@@]3(O)[C@H]1C5.[I-]. The largest absolute Gasteiger partial charge is 1.00 e. The maximum Gasteiger partial charge on any atom is 0.174 e. The van der Waals surface area contributed by atoms with Crippen molar-refractivity contribution in [1.29, 1.82) is 0 Å². The van der Waals surface area contributed by atoms with E-state index in [2.05, 4.69) is 7.05 Å². The molecule has 2 heterocycles. The number of halogens is 1. The number of rotatable bonds is 2. The number of Topliss-reactive ketones (excluding diaryl/α,β-unsaturated/α-hetero) is 1. The van der Waals surface area contributed by atoms with E-state index in [4.69, 9.17) is 4.74 Å². The number of piperidine rings is 1. The van der Waals surface area contributed by atoms with Crippen molar-refractivity contribution in [2.45, 2.75) is 61.7 Å². The Morgan fingerprint density at radius 3 is 2.81 bits per heavy atom. The highest BCUT2D eigenvalue weighted by molar-refractivity contribution is 5.90. The van der Waals surface area contributed by atoms with Gasteiger partial charge in [0.1, 0.15) is 11.6 Å². The summed E-state index contributed by atoms with van der Waals surface area (Å²) < 4.78 is 6.98. The minimum atomic E-state index is -0.931. The van der Waals surface area contributed by atoms with Gasteiger partial charge in [0, 0.05) is 30.7 Å². The van der Waals surface area contributed by atoms with Crippen LogP contribution in [0.4, 0.5) is 0 Å². The highest BCUT2D eigenvalue weighted by Crippen LogP contribution is 2.65. The second kappa shape index (κ2) is 5.39. The number of hydrogen-bond donors (Lipinski definition) is 2. The van der Waals surface area contributed by atoms with Crippen molar-refractivity contribution < 1.29 is 48.2 Å². The first kappa shape index (κ1) is 18.2. The monoisotopic (exact) mass is 483 g/mol. The molecule has 6 rings (SSSR count). The van der Waals surface area contributed by atoms with Gasteiger partial charge in [-0.1, -0.05) is 6.07 Å². The fourth-order valence-electron chi connectivity index (χ4n) is 6.94. The van der Waals surface area contributed by atoms with E-state index in [9.17, 15) is 15.0 Å². The Morgan fingerprint density at radius 1 is 1.30 bits per heavy atom. The van der Waals surface area contributed by atoms with Crippen molar-refractivity contribution in [3.63, 3.8) is 0 Å². The molecule has 2 bridgehead atoms. The average molecular weight is 483 g/mol. The first-order valence-electron chi connectivity index (χ1n) is 10.0. The first-order valence-corrected chi connectivity index (χ1v) is 10.0. The summed E-state index contributed by atoms with van der Waals surface area (Å²) >= 11 is 0. The Kier molecular flexibility index (Phi) is 3.63. The molecule has 1 saturated heterocycles. The quantitative estimate of drug-likeness (QED) is 0.405. The molecule has 0 aromatic heterocycles. The Balaban J connectivity index is 0.00000160. The highest BCUT2D eigenvalue weighted by atomic mass is 127. The van der Waals surface area contributed by atoms with Crippen LogP contribution < -0.4 is 28.7 Å². The van der Waals surface area contributed by atoms with Crippen molar-refractivity contribution in [1.82, 2.24) is 0 Å². The van der Waals surface area contributed by atoms with Crippen LogP contribution in [0.25, 0.3) is 0 Å². The molecule has 2 saturated carbocycles. The molecule has 146 valence electrons. The Morgan fingerprint density at radius 2 is 2.07 bits per heavy atom. The predicted molar refractivity (Wildman–Crippen MR) is 94.1 cm³/mol. The maximum atomic E-state index is 12.8. The van der Waals surface area contributed by atoms with Crippen molar-refractivity contribution in [3.05, 3.63) is 23.3 Å². The molecule has 5 nitrogen and oxygen atoms in total. The van der Waals surface area contributed by atoms with Crippen LogP contribution in [0.2, 0.25) is 0 Å². The summed E-state index contributed by atoms with van der Waals surface area (Å²) in [6.07, 6.45) is 4.42. The topological polar surface area (TPSA) is 66.8 Å². The van der Waals surface area contributed by atoms with Gasteiger partial charge in [-0.2, -0.15) is 0 Å². The second-order valence-electron chi connectivity index (χ2n) is 9.61. The zero-order valence-electron chi connectivity index (χ0n) is 15.6. The number of ether oxygens (including phenoxy) is 1. The van der Waals surface area contributed by atoms with Gasteiger partial charge < -0.3 is 43.4 Å². The fraction of sp³-hybridized carbons (Fsp3) is 0.667. The first-order chi connectivity index (χ1) is 12.4. The molecule has 6 heteroatoms. The van der Waals surface area contributed by atoms with Gasteiger partial charge in [0.25, 0.3) is 0 Å². The van der Waals surface area contributed by atoms with Gasteiger partial charge in [-0.25, -0.2) is 0 Å². The van der Waals surface area contributed by atoms with E-state index in [0.717, 1.165) is 47.5 Å². The molecular weight excluding hydrogens is 457 g/mol. The number of aromatic hydroxyl groups is 1. The second-order valence-corrected chi connectivity index (χ2v) is 9.61. The molecule has 1 aromatic carbocycles. The molecule has 1 spiro atoms. The van der Waals surface area contributed by atoms with E-state index in [1.807, 2.05) is 6.07 Å². The van der Waals surface area contributed by atoms with E-state index in [-0.39, 0.29) is 41.6 Å². The Hall–Kier alpha value is -0.860. The minimum Gasteiger partial charge on any atom is -1.00 e. The molecule has 0 amide bonds. The van der Waals surface area contributed by atoms with Gasteiger partial charge in [-0.15, -0.1) is 0 Å². The van der Waals surface area contributed by atoms with Crippen molar-refractivity contribution in [2.75, 3.05) is 20.1 Å². The number of hydrogen-bond acceptors (Lipinski definition) is 4. The van der Waals surface area contributed by atoms with Crippen LogP contribution >= 0.6 is 0 Å². The average Bonchev–Trinajstić information content (AvgIpc) is 3.32. The highest BCUT2D eigenvalue weighted by Gasteiger charge is 2.76. The summed E-state index contributed by atoms with van der Waals surface area (Å²) in [5.41, 5.74) is 0.492. The van der Waals surface area contributed by atoms with Crippen LogP contribution in [-0.4, -0.2) is 58.4 Å². The Bertz CT molecular complexity index is 855. The third-order valence-corrected chi connectivity index (χ3v) is 8.28. The zero-order valence-corrected chi connectivity index (χ0v) is 17.7. The number of quaternary nitrogens is 1. The summed E-state index contributed by atoms with van der Waals surface area (Å²) in [5, 5.41) is 22.5. The van der Waals surface area contributed by atoms with Gasteiger partial charge in [-0.05, 0) is 30.9 Å². The van der Waals surface area contributed by atoms with E-state index in [1.165, 1.54) is 12.8 Å². The summed E-state index contributed by atoms with van der Waals surface area (Å²) in [6.45, 7) is 2.09. The van der Waals surface area contributed by atoms with E-state index in [1.54, 1.807) is 6.07 Å². The van der Waals surface area contributed by atoms with Crippen LogP contribution in [0.5, 0.6) is 11.5 Å². The van der Waals surface area contributed by atoms with E-state index >= 15 is 0 Å². The number of nitrogens with zero attached hydrogens (tertiary/aromatic N) is 1. The Labute approximate surface area is 176 Å². The molecule has 2 aliphatic heterocycles. The molecule has 3 aliphatic carbocycles. The summed E-state index contributed by atoms with van der Waals surface area (Å²) in [4.78, 5) is 12.8. The predicted octanol–water partition coefficient (Wildman–Crippen LogP) is -1.33. The van der Waals surface area contributed by atoms with Crippen LogP contribution in [0.1, 0.15) is 43.2 Å². The lowest BCUT2D eigenvalue weighted by atomic mass is 9.48. The van der Waals surface area contributed by atoms with Crippen LogP contribution in [0, 0.1) is 5.92 Å². The number of phenols is 1. The number of likely N-dealkylation sites (N-methyl/N-ethyl adjacent to an activating group) is 1. The number of phenolic OH excluding ortho intramolecular Hbond substituents is 1. The van der Waals surface area contributed by atoms with Crippen LogP contribution in [-0.2, 0) is 16.6 Å². The molecule has 1 unspecified atom stereocenters. The molecule has 1 aromatic rings. The number of carbonyl (C=O) groups is 1. The zero-order chi connectivity index (χ0) is 17.9. The lowest BCUT2D eigenvalue weighted by molar-refractivity contribution is -0.950. The van der Waals surface area contributed by atoms with Crippen molar-refractivity contribution in [3.8, 4) is 11.5 Å². The number of benzene rings is 1. The van der Waals surface area contributed by atoms with Crippen LogP contribution in [0.15, 0.2) is 12.1 Å². The third kappa shape index (κ3) is 2.00. The van der Waals surface area contributed by atoms with Gasteiger partial charge in [-0.3, -0.25) is 4.79 Å². The molecular formula is C21H26INO4. The van der Waals surface area contributed by atoms with Gasteiger partial charge in [0.2, 0.25) is 0 Å². The smallest absolute Gasteiger partial charge is 0.174 e. The van der Waals surface area contributed by atoms with E-state index < -0.39 is 17.1 Å². The lowest BCUT2D eigenvalue weighted by Gasteiger charge is -2.64. The third-order valence-electron chi connectivity index (χ3n) is 8.28. The van der Waals surface area contributed by atoms with Crippen LogP contribution in [0.3, 0.4) is 0 Å². The van der Waals surface area contributed by atoms with Gasteiger partial charge >= 0.3 is 0 Å². The van der Waals surface area contributed by atoms with Gasteiger partial charge in [0.15, 0.2) is 23.4 Å². The standard InChI is InChI=1S/C21H25NO4.HI/c1-22(11-12-2-3-12)9-8-20-17-13-4-5-14(23)18(17)26-19(20)15(24)6-7-21(20,25)16(22)10-13;/h4-5,12,16,19,25H,2-3,6-11H2,1H3;1H/t16-,19+,20+,21-,22?;/m1./s1. The lowest BCUT2D eigenvalue weighted by Crippen LogP contribution is -3.00. The molecule has 2 N–H and O–H groups in total. The van der Waals surface area contributed by atoms with Gasteiger partial charge in [0.05, 0.1) is 25.6 Å². The maximum absolute atomic E-state index is 12.8. The number of likely N-dealkylation sites (tertiary alicyclic amines) is 1. The normalized spacial score (nSPS) is 43.6. The summed E-state index contributed by atoms with van der Waals surface area (Å²) in [6, 6.07) is 3.77. The molecule has 5 atom stereocenters. The molecule has 27 heavy (non-hydrogen) atoms. The summed E-state index contributed by atoms with van der Waals surface area (Å²) in [7, 11) is 2.31. The van der Waals surface area contributed by atoms with Crippen molar-refractivity contribution >= 4 is 5.78 Å². The molecule has 5 aliphatic rings. The number of carbonyl (C=O) groups excluding carboxylic acids is 1. The number of ketones is 1. The molecule has 3 fully saturated rings. The van der Waals surface area contributed by atoms with Crippen molar-refractivity contribution in [2.24, 2.45) is 5.92 Å². The molecule has 0 radical (unpaired) electrons.